The molecule has 0 spiro atoms. The predicted octanol–water partition coefficient (Wildman–Crippen LogP) is 2.37. The summed E-state index contributed by atoms with van der Waals surface area (Å²) >= 11 is 0. The van der Waals surface area contributed by atoms with Gasteiger partial charge in [0.1, 0.15) is 0 Å². The summed E-state index contributed by atoms with van der Waals surface area (Å²) in [6.45, 7) is 3.54. The van der Waals surface area contributed by atoms with Crippen LogP contribution in [-0.4, -0.2) is 31.0 Å². The molecule has 3 nitrogen and oxygen atoms in total. The van der Waals surface area contributed by atoms with Crippen molar-refractivity contribution in [3.8, 4) is 0 Å². The monoisotopic (exact) mass is 249 g/mol. The highest BCUT2D eigenvalue weighted by Crippen LogP contribution is 2.27. The highest BCUT2D eigenvalue weighted by molar-refractivity contribution is 5.55. The third-order valence-corrected chi connectivity index (χ3v) is 3.44. The molecular formula is C15H23NO2. The molecule has 3 heteroatoms. The fourth-order valence-electron chi connectivity index (χ4n) is 2.49. The summed E-state index contributed by atoms with van der Waals surface area (Å²) in [5.41, 5.74) is 4.08. The number of hydrogen-bond acceptors (Lipinski definition) is 3. The number of fused-ring (bicyclic) bond motifs is 1. The lowest BCUT2D eigenvalue weighted by Crippen LogP contribution is -2.25. The Morgan fingerprint density at radius 1 is 1.33 bits per heavy atom. The number of hydrogen-bond donors (Lipinski definition) is 2. The van der Waals surface area contributed by atoms with E-state index in [2.05, 4.69) is 23.5 Å². The molecule has 0 saturated carbocycles. The molecule has 1 atom stereocenters. The minimum Gasteiger partial charge on any atom is -0.389 e. The smallest absolute Gasteiger partial charge is 0.0945 e. The van der Waals surface area contributed by atoms with E-state index in [9.17, 15) is 5.11 Å². The van der Waals surface area contributed by atoms with Crippen LogP contribution in [0.3, 0.4) is 0 Å². The Hall–Kier alpha value is -1.06. The highest BCUT2D eigenvalue weighted by atomic mass is 16.5. The number of nitrogens with one attached hydrogen (secondary N) is 1. The summed E-state index contributed by atoms with van der Waals surface area (Å²) in [6, 6.07) is 6.43. The number of aliphatic hydroxyl groups excluding tert-OH is 1. The first-order valence-corrected chi connectivity index (χ1v) is 6.91. The van der Waals surface area contributed by atoms with E-state index in [0.29, 0.717) is 19.8 Å². The maximum atomic E-state index is 9.76. The Morgan fingerprint density at radius 3 is 3.00 bits per heavy atom. The Balaban J connectivity index is 1.93. The second-order valence-corrected chi connectivity index (χ2v) is 4.84. The SMILES string of the molecule is CCOCC(O)CNc1cccc2c1CCCC2. The lowest BCUT2D eigenvalue weighted by molar-refractivity contribution is 0.0496. The molecule has 2 rings (SSSR count). The molecule has 1 aromatic carbocycles. The lowest BCUT2D eigenvalue weighted by Gasteiger charge is -2.21. The van der Waals surface area contributed by atoms with Crippen LogP contribution in [0.25, 0.3) is 0 Å². The molecule has 0 amide bonds. The van der Waals surface area contributed by atoms with E-state index in [1.165, 1.54) is 36.1 Å². The molecule has 100 valence electrons. The molecule has 0 heterocycles. The first-order valence-electron chi connectivity index (χ1n) is 6.91. The molecule has 0 aliphatic heterocycles. The maximum absolute atomic E-state index is 9.76. The Bertz CT molecular complexity index is 379. The van der Waals surface area contributed by atoms with Crippen molar-refractivity contribution in [3.05, 3.63) is 29.3 Å². The van der Waals surface area contributed by atoms with Crippen molar-refractivity contribution in [1.29, 1.82) is 0 Å². The quantitative estimate of drug-likeness (QED) is 0.813. The van der Waals surface area contributed by atoms with Crippen LogP contribution in [-0.2, 0) is 17.6 Å². The number of benzene rings is 1. The molecule has 0 fully saturated rings. The first-order chi connectivity index (χ1) is 8.81. The molecule has 1 aromatic rings. The molecule has 1 aliphatic carbocycles. The van der Waals surface area contributed by atoms with Gasteiger partial charge in [-0.25, -0.2) is 0 Å². The van der Waals surface area contributed by atoms with Gasteiger partial charge in [0.2, 0.25) is 0 Å². The van der Waals surface area contributed by atoms with Gasteiger partial charge in [-0.1, -0.05) is 12.1 Å². The number of aryl methyl sites for hydroxylation is 1. The molecular weight excluding hydrogens is 226 g/mol. The van der Waals surface area contributed by atoms with Crippen molar-refractivity contribution in [1.82, 2.24) is 0 Å². The molecule has 0 saturated heterocycles. The summed E-state index contributed by atoms with van der Waals surface area (Å²) in [7, 11) is 0. The van der Waals surface area contributed by atoms with Crippen LogP contribution in [0, 0.1) is 0 Å². The summed E-state index contributed by atoms with van der Waals surface area (Å²) < 4.78 is 5.21. The first kappa shape index (κ1) is 13.4. The van der Waals surface area contributed by atoms with Gasteiger partial charge in [0.25, 0.3) is 0 Å². The fraction of sp³-hybridized carbons (Fsp3) is 0.600. The number of aliphatic hydroxyl groups is 1. The standard InChI is InChI=1S/C15H23NO2/c1-2-18-11-13(17)10-16-15-9-5-7-12-6-3-4-8-14(12)15/h5,7,9,13,16-17H,2-4,6,8,10-11H2,1H3. The fourth-order valence-corrected chi connectivity index (χ4v) is 2.49. The lowest BCUT2D eigenvalue weighted by atomic mass is 9.90. The minimum atomic E-state index is -0.440. The van der Waals surface area contributed by atoms with E-state index in [1.807, 2.05) is 6.92 Å². The van der Waals surface area contributed by atoms with Crippen molar-refractivity contribution in [3.63, 3.8) is 0 Å². The van der Waals surface area contributed by atoms with Gasteiger partial charge in [0.15, 0.2) is 0 Å². The summed E-state index contributed by atoms with van der Waals surface area (Å²) in [6.07, 6.45) is 4.47. The van der Waals surface area contributed by atoms with E-state index in [0.717, 1.165) is 6.42 Å². The largest absolute Gasteiger partial charge is 0.389 e. The molecule has 18 heavy (non-hydrogen) atoms. The van der Waals surface area contributed by atoms with Gasteiger partial charge in [-0.2, -0.15) is 0 Å². The Labute approximate surface area is 109 Å². The summed E-state index contributed by atoms with van der Waals surface area (Å²) in [5.74, 6) is 0. The van der Waals surface area contributed by atoms with Crippen molar-refractivity contribution < 1.29 is 9.84 Å². The number of ether oxygens (including phenoxy) is 1. The van der Waals surface area contributed by atoms with Crippen molar-refractivity contribution in [2.24, 2.45) is 0 Å². The van der Waals surface area contributed by atoms with Crippen LogP contribution in [0.5, 0.6) is 0 Å². The van der Waals surface area contributed by atoms with E-state index in [1.54, 1.807) is 0 Å². The van der Waals surface area contributed by atoms with E-state index in [-0.39, 0.29) is 0 Å². The van der Waals surface area contributed by atoms with Crippen molar-refractivity contribution >= 4 is 5.69 Å². The van der Waals surface area contributed by atoms with Gasteiger partial charge < -0.3 is 15.2 Å². The number of rotatable bonds is 6. The zero-order valence-corrected chi connectivity index (χ0v) is 11.1. The molecule has 1 unspecified atom stereocenters. The van der Waals surface area contributed by atoms with Gasteiger partial charge in [-0.3, -0.25) is 0 Å². The van der Waals surface area contributed by atoms with E-state index >= 15 is 0 Å². The molecule has 0 radical (unpaired) electrons. The number of anilines is 1. The summed E-state index contributed by atoms with van der Waals surface area (Å²) in [5, 5.41) is 13.1. The normalized spacial score (nSPS) is 16.1. The van der Waals surface area contributed by atoms with Gasteiger partial charge in [-0.05, 0) is 49.8 Å². The minimum absolute atomic E-state index is 0.401. The van der Waals surface area contributed by atoms with Crippen molar-refractivity contribution in [2.75, 3.05) is 25.1 Å². The highest BCUT2D eigenvalue weighted by Gasteiger charge is 2.13. The van der Waals surface area contributed by atoms with Crippen LogP contribution >= 0.6 is 0 Å². The van der Waals surface area contributed by atoms with E-state index in [4.69, 9.17) is 4.74 Å². The van der Waals surface area contributed by atoms with Gasteiger partial charge in [-0.15, -0.1) is 0 Å². The van der Waals surface area contributed by atoms with Gasteiger partial charge in [0, 0.05) is 18.8 Å². The van der Waals surface area contributed by atoms with Crippen LogP contribution in [0.4, 0.5) is 5.69 Å². The third-order valence-electron chi connectivity index (χ3n) is 3.44. The zero-order chi connectivity index (χ0) is 12.8. The van der Waals surface area contributed by atoms with E-state index < -0.39 is 6.10 Å². The summed E-state index contributed by atoms with van der Waals surface area (Å²) in [4.78, 5) is 0. The van der Waals surface area contributed by atoms with Gasteiger partial charge in [0.05, 0.1) is 12.7 Å². The predicted molar refractivity (Wildman–Crippen MR) is 74.1 cm³/mol. The average Bonchev–Trinajstić information content (AvgIpc) is 2.42. The topological polar surface area (TPSA) is 41.5 Å². The Morgan fingerprint density at radius 2 is 2.17 bits per heavy atom. The van der Waals surface area contributed by atoms with Gasteiger partial charge >= 0.3 is 0 Å². The zero-order valence-electron chi connectivity index (χ0n) is 11.1. The van der Waals surface area contributed by atoms with Crippen LogP contribution in [0.2, 0.25) is 0 Å². The molecule has 2 N–H and O–H groups in total. The average molecular weight is 249 g/mol. The molecule has 1 aliphatic rings. The van der Waals surface area contributed by atoms with Crippen LogP contribution < -0.4 is 5.32 Å². The second kappa shape index (κ2) is 6.76. The van der Waals surface area contributed by atoms with Crippen LogP contribution in [0.1, 0.15) is 30.9 Å². The molecule has 0 aromatic heterocycles. The Kier molecular flexibility index (Phi) is 5.02. The van der Waals surface area contributed by atoms with Crippen molar-refractivity contribution in [2.45, 2.75) is 38.7 Å². The van der Waals surface area contributed by atoms with Crippen LogP contribution in [0.15, 0.2) is 18.2 Å². The molecule has 0 bridgehead atoms. The third kappa shape index (κ3) is 3.47. The second-order valence-electron chi connectivity index (χ2n) is 4.84. The maximum Gasteiger partial charge on any atom is 0.0945 e.